The summed E-state index contributed by atoms with van der Waals surface area (Å²) in [5, 5.41) is 19.8. The maximum atomic E-state index is 12.7. The van der Waals surface area contributed by atoms with Crippen LogP contribution in [0.5, 0.6) is 5.75 Å². The van der Waals surface area contributed by atoms with E-state index in [9.17, 15) is 14.9 Å². The molecule has 146 valence electrons. The Balaban J connectivity index is 1.83. The van der Waals surface area contributed by atoms with E-state index >= 15 is 0 Å². The quantitative estimate of drug-likeness (QED) is 0.599. The molecule has 0 bridgehead atoms. The number of carboxylic acid groups (broad SMARTS) is 1. The van der Waals surface area contributed by atoms with Gasteiger partial charge in [-0.2, -0.15) is 5.26 Å². The average molecular weight is 407 g/mol. The Morgan fingerprint density at radius 1 is 1.21 bits per heavy atom. The number of hydrogen-bond acceptors (Lipinski definition) is 6. The van der Waals surface area contributed by atoms with Gasteiger partial charge in [0.2, 0.25) is 5.91 Å². The molecule has 0 unspecified atom stereocenters. The normalized spacial score (nSPS) is 10.3. The molecule has 0 saturated carbocycles. The number of fused-ring (bicyclic) bond motifs is 1. The van der Waals surface area contributed by atoms with Crippen molar-refractivity contribution in [1.82, 2.24) is 4.98 Å². The van der Waals surface area contributed by atoms with Gasteiger partial charge in [0.15, 0.2) is 0 Å². The number of aliphatic carboxylic acids is 1. The van der Waals surface area contributed by atoms with Gasteiger partial charge in [0.25, 0.3) is 0 Å². The molecular formula is C21H17N3O4S. The fourth-order valence-corrected chi connectivity index (χ4v) is 3.57. The Labute approximate surface area is 171 Å². The number of carbonyl (C=O) groups excluding carboxylic acids is 1. The van der Waals surface area contributed by atoms with Crippen LogP contribution in [0.25, 0.3) is 10.9 Å². The first-order chi connectivity index (χ1) is 14.0. The Morgan fingerprint density at radius 3 is 2.62 bits per heavy atom. The molecule has 7 nitrogen and oxygen atoms in total. The van der Waals surface area contributed by atoms with Crippen LogP contribution in [0, 0.1) is 11.3 Å². The number of benzene rings is 2. The van der Waals surface area contributed by atoms with Crippen LogP contribution in [0.15, 0.2) is 59.6 Å². The summed E-state index contributed by atoms with van der Waals surface area (Å²) in [6, 6.07) is 17.7. The first-order valence-corrected chi connectivity index (χ1v) is 9.59. The van der Waals surface area contributed by atoms with Gasteiger partial charge in [0, 0.05) is 11.1 Å². The fraction of sp³-hybridized carbons (Fsp3) is 0.143. The summed E-state index contributed by atoms with van der Waals surface area (Å²) in [7, 11) is 1.56. The first kappa shape index (κ1) is 20.2. The van der Waals surface area contributed by atoms with Crippen LogP contribution in [0.3, 0.4) is 0 Å². The van der Waals surface area contributed by atoms with E-state index in [1.54, 1.807) is 61.7 Å². The molecule has 0 spiro atoms. The Morgan fingerprint density at radius 2 is 1.97 bits per heavy atom. The number of para-hydroxylation sites is 1. The molecule has 3 rings (SSSR count). The summed E-state index contributed by atoms with van der Waals surface area (Å²) in [5.41, 5.74) is 1.51. The van der Waals surface area contributed by atoms with Crippen LogP contribution in [0.1, 0.15) is 5.56 Å². The maximum absolute atomic E-state index is 12.7. The van der Waals surface area contributed by atoms with Crippen molar-refractivity contribution in [3.8, 4) is 11.8 Å². The number of nitrogens with zero attached hydrogens (tertiary/aromatic N) is 3. The average Bonchev–Trinajstić information content (AvgIpc) is 2.75. The van der Waals surface area contributed by atoms with Crippen LogP contribution >= 0.6 is 11.8 Å². The minimum atomic E-state index is -1.11. The topological polar surface area (TPSA) is 104 Å². The number of pyridine rings is 1. The van der Waals surface area contributed by atoms with Crippen LogP contribution in [0.2, 0.25) is 0 Å². The molecular weight excluding hydrogens is 390 g/mol. The number of rotatable bonds is 7. The third-order valence-corrected chi connectivity index (χ3v) is 5.08. The zero-order valence-corrected chi connectivity index (χ0v) is 16.3. The molecule has 0 atom stereocenters. The molecule has 0 aliphatic carbocycles. The van der Waals surface area contributed by atoms with Gasteiger partial charge in [-0.1, -0.05) is 30.0 Å². The number of hydrogen-bond donors (Lipinski definition) is 1. The highest BCUT2D eigenvalue weighted by Gasteiger charge is 2.20. The predicted molar refractivity (Wildman–Crippen MR) is 110 cm³/mol. The monoisotopic (exact) mass is 407 g/mol. The van der Waals surface area contributed by atoms with Crippen molar-refractivity contribution >= 4 is 40.2 Å². The van der Waals surface area contributed by atoms with Crippen molar-refractivity contribution in [2.24, 2.45) is 0 Å². The summed E-state index contributed by atoms with van der Waals surface area (Å²) < 4.78 is 5.19. The summed E-state index contributed by atoms with van der Waals surface area (Å²) in [4.78, 5) is 29.6. The maximum Gasteiger partial charge on any atom is 0.323 e. The summed E-state index contributed by atoms with van der Waals surface area (Å²) in [6.45, 7) is -0.445. The number of thioether (sulfide) groups is 1. The van der Waals surface area contributed by atoms with Crippen molar-refractivity contribution in [2.45, 2.75) is 5.03 Å². The van der Waals surface area contributed by atoms with Gasteiger partial charge >= 0.3 is 5.97 Å². The lowest BCUT2D eigenvalue weighted by Crippen LogP contribution is -2.36. The van der Waals surface area contributed by atoms with Gasteiger partial charge in [0.05, 0.1) is 23.9 Å². The number of anilines is 1. The molecule has 0 saturated heterocycles. The number of aromatic nitrogens is 1. The molecule has 3 aromatic rings. The van der Waals surface area contributed by atoms with Gasteiger partial charge in [-0.15, -0.1) is 0 Å². The molecule has 1 N–H and O–H groups in total. The van der Waals surface area contributed by atoms with Crippen molar-refractivity contribution in [3.05, 3.63) is 60.2 Å². The zero-order chi connectivity index (χ0) is 20.8. The summed E-state index contributed by atoms with van der Waals surface area (Å²) in [6.07, 6.45) is 0. The molecule has 0 aliphatic heterocycles. The van der Waals surface area contributed by atoms with Gasteiger partial charge < -0.3 is 14.7 Å². The smallest absolute Gasteiger partial charge is 0.323 e. The van der Waals surface area contributed by atoms with Crippen LogP contribution in [-0.2, 0) is 9.59 Å². The van der Waals surface area contributed by atoms with E-state index in [1.807, 2.05) is 0 Å². The first-order valence-electron chi connectivity index (χ1n) is 8.60. The lowest BCUT2D eigenvalue weighted by molar-refractivity contribution is -0.136. The largest absolute Gasteiger partial charge is 0.497 e. The van der Waals surface area contributed by atoms with Gasteiger partial charge in [-0.25, -0.2) is 4.98 Å². The van der Waals surface area contributed by atoms with Crippen molar-refractivity contribution in [1.29, 1.82) is 5.26 Å². The van der Waals surface area contributed by atoms with E-state index in [0.29, 0.717) is 27.5 Å². The molecule has 1 amide bonds. The molecule has 0 fully saturated rings. The second-order valence-electron chi connectivity index (χ2n) is 6.01. The van der Waals surface area contributed by atoms with Crippen molar-refractivity contribution in [3.63, 3.8) is 0 Å². The molecule has 1 aromatic heterocycles. The minimum absolute atomic E-state index is 0.0501. The molecule has 0 radical (unpaired) electrons. The SMILES string of the molecule is COc1ccc2nc(SCC(=O)N(CC(=O)O)c3ccccc3)c(C#N)cc2c1. The van der Waals surface area contributed by atoms with Crippen molar-refractivity contribution < 1.29 is 19.4 Å². The number of amides is 1. The van der Waals surface area contributed by atoms with E-state index in [1.165, 1.54) is 4.90 Å². The number of nitriles is 1. The highest BCUT2D eigenvalue weighted by molar-refractivity contribution is 8.00. The molecule has 2 aromatic carbocycles. The fourth-order valence-electron chi connectivity index (χ4n) is 2.73. The third kappa shape index (κ3) is 4.83. The number of methoxy groups -OCH3 is 1. The highest BCUT2D eigenvalue weighted by atomic mass is 32.2. The molecule has 0 aliphatic rings. The lowest BCUT2D eigenvalue weighted by Gasteiger charge is -2.20. The van der Waals surface area contributed by atoms with Crippen LogP contribution < -0.4 is 9.64 Å². The Bertz CT molecular complexity index is 1100. The van der Waals surface area contributed by atoms with E-state index in [-0.39, 0.29) is 11.7 Å². The number of ether oxygens (including phenoxy) is 1. The van der Waals surface area contributed by atoms with E-state index in [4.69, 9.17) is 9.84 Å². The predicted octanol–water partition coefficient (Wildman–Crippen LogP) is 3.32. The standard InChI is InChI=1S/C21H17N3O4S/c1-28-17-7-8-18-14(10-17)9-15(11-22)21(23-18)29-13-19(25)24(12-20(26)27)16-5-3-2-4-6-16/h2-10H,12-13H2,1H3,(H,26,27). The Hall–Kier alpha value is -3.57. The molecule has 1 heterocycles. The second kappa shape index (κ2) is 9.08. The van der Waals surface area contributed by atoms with E-state index < -0.39 is 12.5 Å². The van der Waals surface area contributed by atoms with Gasteiger partial charge in [-0.05, 0) is 36.4 Å². The van der Waals surface area contributed by atoms with Crippen LogP contribution in [-0.4, -0.2) is 41.4 Å². The second-order valence-corrected chi connectivity index (χ2v) is 6.97. The van der Waals surface area contributed by atoms with Crippen molar-refractivity contribution in [2.75, 3.05) is 24.3 Å². The van der Waals surface area contributed by atoms with E-state index in [2.05, 4.69) is 11.1 Å². The highest BCUT2D eigenvalue weighted by Crippen LogP contribution is 2.27. The lowest BCUT2D eigenvalue weighted by atomic mass is 10.1. The van der Waals surface area contributed by atoms with Gasteiger partial charge in [0.1, 0.15) is 23.4 Å². The summed E-state index contributed by atoms with van der Waals surface area (Å²) in [5.74, 6) is -0.885. The van der Waals surface area contributed by atoms with Gasteiger partial charge in [-0.3, -0.25) is 9.59 Å². The number of carboxylic acids is 1. The zero-order valence-electron chi connectivity index (χ0n) is 15.5. The summed E-state index contributed by atoms with van der Waals surface area (Å²) >= 11 is 1.11. The van der Waals surface area contributed by atoms with Crippen LogP contribution in [0.4, 0.5) is 5.69 Å². The molecule has 29 heavy (non-hydrogen) atoms. The third-order valence-electron chi connectivity index (χ3n) is 4.10. The Kier molecular flexibility index (Phi) is 6.32. The molecule has 8 heteroatoms. The van der Waals surface area contributed by atoms with E-state index in [0.717, 1.165) is 17.1 Å². The number of carbonyl (C=O) groups is 2. The minimum Gasteiger partial charge on any atom is -0.497 e.